The number of hydrogen-bond donors (Lipinski definition) is 2. The molecule has 4 nitrogen and oxygen atoms in total. The fourth-order valence-electron chi connectivity index (χ4n) is 3.40. The van der Waals surface area contributed by atoms with Crippen LogP contribution in [0.5, 0.6) is 5.75 Å². The molecule has 0 spiro atoms. The normalized spacial score (nSPS) is 11.5. The molecule has 0 radical (unpaired) electrons. The summed E-state index contributed by atoms with van der Waals surface area (Å²) in [6, 6.07) is 15.5. The zero-order valence-electron chi connectivity index (χ0n) is 15.1. The summed E-state index contributed by atoms with van der Waals surface area (Å²) in [5.74, 6) is 0.587. The minimum Gasteiger partial charge on any atom is -0.497 e. The molecular formula is C21H24N2O2. The van der Waals surface area contributed by atoms with Crippen LogP contribution in [0.1, 0.15) is 35.5 Å². The second-order valence-corrected chi connectivity index (χ2v) is 6.97. The topological polar surface area (TPSA) is 54.1 Å². The van der Waals surface area contributed by atoms with E-state index < -0.39 is 0 Å². The first-order valence-electron chi connectivity index (χ1n) is 8.42. The smallest absolute Gasteiger partial charge is 0.251 e. The predicted molar refractivity (Wildman–Crippen MR) is 101 cm³/mol. The largest absolute Gasteiger partial charge is 0.497 e. The van der Waals surface area contributed by atoms with Crippen molar-refractivity contribution in [1.82, 2.24) is 10.3 Å². The summed E-state index contributed by atoms with van der Waals surface area (Å²) in [5.41, 5.74) is 3.92. The molecule has 0 aliphatic rings. The second-order valence-electron chi connectivity index (χ2n) is 6.97. The molecule has 1 aromatic heterocycles. The predicted octanol–water partition coefficient (Wildman–Crippen LogP) is 4.19. The zero-order valence-corrected chi connectivity index (χ0v) is 15.1. The molecule has 0 fully saturated rings. The van der Waals surface area contributed by atoms with Gasteiger partial charge in [-0.1, -0.05) is 38.1 Å². The van der Waals surface area contributed by atoms with Crippen molar-refractivity contribution in [3.8, 4) is 5.75 Å². The van der Waals surface area contributed by atoms with Gasteiger partial charge in [-0.15, -0.1) is 0 Å². The van der Waals surface area contributed by atoms with E-state index in [1.165, 1.54) is 10.9 Å². The second kappa shape index (κ2) is 6.63. The van der Waals surface area contributed by atoms with Crippen LogP contribution >= 0.6 is 0 Å². The Balaban J connectivity index is 1.81. The average molecular weight is 336 g/mol. The fourth-order valence-corrected chi connectivity index (χ4v) is 3.40. The van der Waals surface area contributed by atoms with Crippen molar-refractivity contribution in [2.24, 2.45) is 0 Å². The van der Waals surface area contributed by atoms with E-state index >= 15 is 0 Å². The molecule has 0 bridgehead atoms. The van der Waals surface area contributed by atoms with Gasteiger partial charge in [0.15, 0.2) is 0 Å². The van der Waals surface area contributed by atoms with E-state index in [1.54, 1.807) is 19.2 Å². The number of ether oxygens (including phenoxy) is 1. The quantitative estimate of drug-likeness (QED) is 0.734. The molecular weight excluding hydrogens is 312 g/mol. The van der Waals surface area contributed by atoms with Crippen molar-refractivity contribution in [1.29, 1.82) is 0 Å². The average Bonchev–Trinajstić information content (AvgIpc) is 2.96. The van der Waals surface area contributed by atoms with Gasteiger partial charge in [0.05, 0.1) is 7.11 Å². The lowest BCUT2D eigenvalue weighted by atomic mass is 9.82. The third-order valence-corrected chi connectivity index (χ3v) is 4.59. The van der Waals surface area contributed by atoms with E-state index in [1.807, 2.05) is 24.3 Å². The van der Waals surface area contributed by atoms with Gasteiger partial charge in [0.1, 0.15) is 5.75 Å². The maximum absolute atomic E-state index is 12.5. The maximum Gasteiger partial charge on any atom is 0.251 e. The van der Waals surface area contributed by atoms with Crippen LogP contribution in [-0.4, -0.2) is 24.5 Å². The third-order valence-electron chi connectivity index (χ3n) is 4.59. The summed E-state index contributed by atoms with van der Waals surface area (Å²) in [6.45, 7) is 6.94. The first-order valence-corrected chi connectivity index (χ1v) is 8.42. The van der Waals surface area contributed by atoms with Crippen molar-refractivity contribution in [3.05, 3.63) is 65.4 Å². The third kappa shape index (κ3) is 3.38. The molecule has 0 atom stereocenters. The van der Waals surface area contributed by atoms with Crippen molar-refractivity contribution in [2.75, 3.05) is 13.7 Å². The Morgan fingerprint density at radius 2 is 1.92 bits per heavy atom. The van der Waals surface area contributed by atoms with Crippen LogP contribution < -0.4 is 10.1 Å². The molecule has 0 saturated heterocycles. The minimum atomic E-state index is -0.196. The van der Waals surface area contributed by atoms with Crippen LogP contribution in [0, 0.1) is 6.92 Å². The highest BCUT2D eigenvalue weighted by atomic mass is 16.5. The Kier molecular flexibility index (Phi) is 4.53. The molecule has 3 rings (SSSR count). The molecule has 0 aliphatic carbocycles. The fraction of sp³-hybridized carbons (Fsp3) is 0.286. The Labute approximate surface area is 148 Å². The van der Waals surface area contributed by atoms with Gasteiger partial charge in [0.2, 0.25) is 0 Å². The highest BCUT2D eigenvalue weighted by Gasteiger charge is 2.27. The van der Waals surface area contributed by atoms with E-state index in [-0.39, 0.29) is 11.3 Å². The molecule has 2 aromatic carbocycles. The van der Waals surface area contributed by atoms with Crippen LogP contribution in [0.2, 0.25) is 0 Å². The summed E-state index contributed by atoms with van der Waals surface area (Å²) in [7, 11) is 1.60. The Hall–Kier alpha value is -2.75. The number of aromatic amines is 1. The molecule has 25 heavy (non-hydrogen) atoms. The van der Waals surface area contributed by atoms with Crippen LogP contribution in [0.4, 0.5) is 0 Å². The van der Waals surface area contributed by atoms with Gasteiger partial charge in [-0.2, -0.15) is 0 Å². The van der Waals surface area contributed by atoms with Crippen molar-refractivity contribution in [3.63, 3.8) is 0 Å². The highest BCUT2D eigenvalue weighted by molar-refractivity contribution is 5.94. The number of nitrogens with one attached hydrogen (secondary N) is 2. The Morgan fingerprint density at radius 3 is 2.68 bits per heavy atom. The van der Waals surface area contributed by atoms with Crippen molar-refractivity contribution < 1.29 is 9.53 Å². The zero-order chi connectivity index (χ0) is 18.0. The van der Waals surface area contributed by atoms with Gasteiger partial charge in [-0.25, -0.2) is 0 Å². The molecule has 130 valence electrons. The molecule has 4 heteroatoms. The number of benzene rings is 2. The highest BCUT2D eigenvalue weighted by Crippen LogP contribution is 2.33. The Morgan fingerprint density at radius 1 is 1.16 bits per heavy atom. The summed E-state index contributed by atoms with van der Waals surface area (Å²) in [4.78, 5) is 15.9. The number of amides is 1. The van der Waals surface area contributed by atoms with Gasteiger partial charge in [-0.05, 0) is 36.8 Å². The summed E-state index contributed by atoms with van der Waals surface area (Å²) in [6.07, 6.45) is 0. The summed E-state index contributed by atoms with van der Waals surface area (Å²) in [5, 5.41) is 4.27. The van der Waals surface area contributed by atoms with E-state index in [0.29, 0.717) is 17.9 Å². The van der Waals surface area contributed by atoms with Gasteiger partial charge in [-0.3, -0.25) is 4.79 Å². The van der Waals surface area contributed by atoms with Gasteiger partial charge < -0.3 is 15.0 Å². The first kappa shape index (κ1) is 17.1. The lowest BCUT2D eigenvalue weighted by Gasteiger charge is -2.26. The van der Waals surface area contributed by atoms with E-state index in [9.17, 15) is 4.79 Å². The lowest BCUT2D eigenvalue weighted by Crippen LogP contribution is -2.37. The molecule has 0 unspecified atom stereocenters. The van der Waals surface area contributed by atoms with E-state index in [0.717, 1.165) is 11.2 Å². The van der Waals surface area contributed by atoms with E-state index in [2.05, 4.69) is 43.2 Å². The maximum atomic E-state index is 12.5. The van der Waals surface area contributed by atoms with Crippen LogP contribution in [0.25, 0.3) is 10.9 Å². The molecule has 0 aliphatic heterocycles. The number of fused-ring (bicyclic) bond motifs is 1. The number of aryl methyl sites for hydroxylation is 1. The van der Waals surface area contributed by atoms with E-state index in [4.69, 9.17) is 4.74 Å². The lowest BCUT2D eigenvalue weighted by molar-refractivity contribution is 0.0945. The molecule has 1 heterocycles. The Bertz CT molecular complexity index is 909. The number of para-hydroxylation sites is 1. The number of aromatic nitrogens is 1. The van der Waals surface area contributed by atoms with Crippen LogP contribution in [0.15, 0.2) is 48.5 Å². The number of hydrogen-bond acceptors (Lipinski definition) is 2. The van der Waals surface area contributed by atoms with Gasteiger partial charge in [0, 0.05) is 34.1 Å². The standard InChI is InChI=1S/C21H24N2O2/c1-14-19(17-10-5-6-11-18(17)23-14)21(2,3)13-22-20(24)15-8-7-9-16(12-15)25-4/h5-12,23H,13H2,1-4H3,(H,22,24). The molecule has 0 saturated carbocycles. The number of H-pyrrole nitrogens is 1. The van der Waals surface area contributed by atoms with Gasteiger partial charge in [0.25, 0.3) is 5.91 Å². The monoisotopic (exact) mass is 336 g/mol. The molecule has 1 amide bonds. The summed E-state index contributed by atoms with van der Waals surface area (Å²) < 4.78 is 5.19. The van der Waals surface area contributed by atoms with Crippen molar-refractivity contribution >= 4 is 16.8 Å². The van der Waals surface area contributed by atoms with Crippen LogP contribution in [0.3, 0.4) is 0 Å². The minimum absolute atomic E-state index is 0.0931. The van der Waals surface area contributed by atoms with Crippen molar-refractivity contribution in [2.45, 2.75) is 26.2 Å². The number of methoxy groups -OCH3 is 1. The first-order chi connectivity index (χ1) is 11.9. The number of carbonyl (C=O) groups excluding carboxylic acids is 1. The van der Waals surface area contributed by atoms with Crippen LogP contribution in [-0.2, 0) is 5.41 Å². The molecule has 2 N–H and O–H groups in total. The number of carbonyl (C=O) groups is 1. The molecule has 3 aromatic rings. The summed E-state index contributed by atoms with van der Waals surface area (Å²) >= 11 is 0. The SMILES string of the molecule is COc1cccc(C(=O)NCC(C)(C)c2c(C)[nH]c3ccccc23)c1. The number of rotatable bonds is 5. The van der Waals surface area contributed by atoms with Gasteiger partial charge >= 0.3 is 0 Å².